The van der Waals surface area contributed by atoms with Crippen molar-refractivity contribution < 1.29 is 9.90 Å². The van der Waals surface area contributed by atoms with Crippen molar-refractivity contribution in [2.45, 2.75) is 26.2 Å². The van der Waals surface area contributed by atoms with Crippen LogP contribution in [0.5, 0.6) is 0 Å². The van der Waals surface area contributed by atoms with Crippen molar-refractivity contribution >= 4 is 28.6 Å². The van der Waals surface area contributed by atoms with Crippen LogP contribution < -0.4 is 0 Å². The first-order valence-electron chi connectivity index (χ1n) is 5.67. The van der Waals surface area contributed by atoms with Gasteiger partial charge >= 0.3 is 5.97 Å². The highest BCUT2D eigenvalue weighted by atomic mass is 32.1. The molecular formula is C13H12O2S2. The fourth-order valence-electron chi connectivity index (χ4n) is 2.23. The van der Waals surface area contributed by atoms with Gasteiger partial charge in [-0.1, -0.05) is 6.92 Å². The molecule has 2 aromatic heterocycles. The molecule has 17 heavy (non-hydrogen) atoms. The lowest BCUT2D eigenvalue weighted by Crippen LogP contribution is -1.96. The lowest BCUT2D eigenvalue weighted by molar-refractivity contribution is 0.0702. The van der Waals surface area contributed by atoms with E-state index in [1.165, 1.54) is 37.1 Å². The van der Waals surface area contributed by atoms with Crippen molar-refractivity contribution in [3.05, 3.63) is 32.3 Å². The Kier molecular flexibility index (Phi) is 2.56. The lowest BCUT2D eigenvalue weighted by Gasteiger charge is -2.10. The SMILES string of the molecule is CCc1cc2c(s1)CCc1cc(C(=O)O)sc1-2. The Bertz CT molecular complexity index is 593. The van der Waals surface area contributed by atoms with Crippen molar-refractivity contribution in [1.82, 2.24) is 0 Å². The van der Waals surface area contributed by atoms with Crippen molar-refractivity contribution in [3.8, 4) is 10.4 Å². The first-order valence-corrected chi connectivity index (χ1v) is 7.30. The molecule has 0 radical (unpaired) electrons. The molecule has 0 amide bonds. The highest BCUT2D eigenvalue weighted by Gasteiger charge is 2.23. The zero-order valence-electron chi connectivity index (χ0n) is 9.45. The monoisotopic (exact) mass is 264 g/mol. The van der Waals surface area contributed by atoms with Crippen LogP contribution in [0.4, 0.5) is 0 Å². The number of hydrogen-bond acceptors (Lipinski definition) is 3. The lowest BCUT2D eigenvalue weighted by atomic mass is 9.98. The van der Waals surface area contributed by atoms with E-state index < -0.39 is 5.97 Å². The van der Waals surface area contributed by atoms with Crippen LogP contribution in [0.25, 0.3) is 10.4 Å². The van der Waals surface area contributed by atoms with Gasteiger partial charge in [0.05, 0.1) is 0 Å². The van der Waals surface area contributed by atoms with E-state index in [0.717, 1.165) is 19.3 Å². The minimum Gasteiger partial charge on any atom is -0.477 e. The number of aromatic carboxylic acids is 1. The summed E-state index contributed by atoms with van der Waals surface area (Å²) in [5.74, 6) is -0.808. The van der Waals surface area contributed by atoms with E-state index in [1.54, 1.807) is 0 Å². The summed E-state index contributed by atoms with van der Waals surface area (Å²) in [7, 11) is 0. The normalized spacial score (nSPS) is 13.2. The van der Waals surface area contributed by atoms with Crippen LogP contribution in [0, 0.1) is 0 Å². The fourth-order valence-corrected chi connectivity index (χ4v) is 4.50. The second kappa shape index (κ2) is 3.96. The third-order valence-corrected chi connectivity index (χ3v) is 5.63. The Balaban J connectivity index is 2.14. The van der Waals surface area contributed by atoms with Crippen LogP contribution in [0.3, 0.4) is 0 Å². The summed E-state index contributed by atoms with van der Waals surface area (Å²) in [5.41, 5.74) is 2.49. The molecule has 0 unspecified atom stereocenters. The fraction of sp³-hybridized carbons (Fsp3) is 0.308. The minimum absolute atomic E-state index is 0.465. The van der Waals surface area contributed by atoms with E-state index in [9.17, 15) is 4.79 Å². The molecule has 1 N–H and O–H groups in total. The zero-order valence-corrected chi connectivity index (χ0v) is 11.1. The first kappa shape index (κ1) is 11.0. The van der Waals surface area contributed by atoms with Gasteiger partial charge in [-0.05, 0) is 37.0 Å². The summed E-state index contributed by atoms with van der Waals surface area (Å²) in [6.07, 6.45) is 3.10. The van der Waals surface area contributed by atoms with Crippen LogP contribution in [-0.2, 0) is 19.3 Å². The first-order chi connectivity index (χ1) is 8.19. The Labute approximate surface area is 108 Å². The van der Waals surface area contributed by atoms with Crippen molar-refractivity contribution in [1.29, 1.82) is 0 Å². The van der Waals surface area contributed by atoms with Gasteiger partial charge in [0.1, 0.15) is 4.88 Å². The third-order valence-electron chi connectivity index (χ3n) is 3.09. The number of carbonyl (C=O) groups is 1. The van der Waals surface area contributed by atoms with E-state index in [1.807, 2.05) is 17.4 Å². The summed E-state index contributed by atoms with van der Waals surface area (Å²) >= 11 is 3.29. The van der Waals surface area contributed by atoms with Gasteiger partial charge in [-0.2, -0.15) is 0 Å². The second-order valence-electron chi connectivity index (χ2n) is 4.17. The van der Waals surface area contributed by atoms with Gasteiger partial charge in [-0.3, -0.25) is 0 Å². The maximum atomic E-state index is 11.0. The van der Waals surface area contributed by atoms with Gasteiger partial charge in [0.15, 0.2) is 0 Å². The largest absolute Gasteiger partial charge is 0.477 e. The Hall–Kier alpha value is -1.13. The minimum atomic E-state index is -0.808. The van der Waals surface area contributed by atoms with Crippen LogP contribution in [0.15, 0.2) is 12.1 Å². The van der Waals surface area contributed by atoms with Gasteiger partial charge in [0.2, 0.25) is 0 Å². The van der Waals surface area contributed by atoms with Gasteiger partial charge < -0.3 is 5.11 Å². The number of carboxylic acids is 1. The molecule has 0 aromatic carbocycles. The van der Waals surface area contributed by atoms with E-state index in [2.05, 4.69) is 13.0 Å². The predicted octanol–water partition coefficient (Wildman–Crippen LogP) is 3.84. The Morgan fingerprint density at radius 2 is 2.18 bits per heavy atom. The maximum Gasteiger partial charge on any atom is 0.345 e. The Morgan fingerprint density at radius 1 is 1.35 bits per heavy atom. The molecular weight excluding hydrogens is 252 g/mol. The van der Waals surface area contributed by atoms with Crippen molar-refractivity contribution in [2.75, 3.05) is 0 Å². The summed E-state index contributed by atoms with van der Waals surface area (Å²) < 4.78 is 0. The van der Waals surface area contributed by atoms with Crippen LogP contribution in [0.1, 0.15) is 31.9 Å². The molecule has 0 saturated carbocycles. The number of hydrogen-bond donors (Lipinski definition) is 1. The summed E-state index contributed by atoms with van der Waals surface area (Å²) in [5, 5.41) is 9.05. The van der Waals surface area contributed by atoms with Crippen LogP contribution in [-0.4, -0.2) is 11.1 Å². The molecule has 4 heteroatoms. The predicted molar refractivity (Wildman–Crippen MR) is 71.4 cm³/mol. The number of carboxylic acid groups (broad SMARTS) is 1. The quantitative estimate of drug-likeness (QED) is 0.895. The van der Waals surface area contributed by atoms with Crippen LogP contribution >= 0.6 is 22.7 Å². The molecule has 3 rings (SSSR count). The summed E-state index contributed by atoms with van der Waals surface area (Å²) in [6, 6.07) is 4.08. The smallest absolute Gasteiger partial charge is 0.345 e. The van der Waals surface area contributed by atoms with Gasteiger partial charge in [0.25, 0.3) is 0 Å². The molecule has 88 valence electrons. The van der Waals surface area contributed by atoms with E-state index >= 15 is 0 Å². The standard InChI is InChI=1S/C13H12O2S2/c1-2-8-6-9-10(16-8)4-3-7-5-11(13(14)15)17-12(7)9/h5-6H,2-4H2,1H3,(H,14,15). The molecule has 0 fully saturated rings. The van der Waals surface area contributed by atoms with E-state index in [4.69, 9.17) is 5.11 Å². The maximum absolute atomic E-state index is 11.0. The molecule has 0 saturated heterocycles. The number of rotatable bonds is 2. The van der Waals surface area contributed by atoms with Gasteiger partial charge in [-0.25, -0.2) is 4.79 Å². The summed E-state index contributed by atoms with van der Waals surface area (Å²) in [4.78, 5) is 15.5. The number of fused-ring (bicyclic) bond motifs is 3. The molecule has 2 aromatic rings. The molecule has 2 heterocycles. The number of thiophene rings is 2. The van der Waals surface area contributed by atoms with E-state index in [0.29, 0.717) is 4.88 Å². The van der Waals surface area contributed by atoms with Crippen LogP contribution in [0.2, 0.25) is 0 Å². The molecule has 1 aliphatic rings. The topological polar surface area (TPSA) is 37.3 Å². The number of aryl methyl sites for hydroxylation is 3. The highest BCUT2D eigenvalue weighted by Crippen LogP contribution is 2.43. The molecule has 1 aliphatic carbocycles. The molecule has 0 aliphatic heterocycles. The molecule has 0 bridgehead atoms. The van der Waals surface area contributed by atoms with Crippen molar-refractivity contribution in [2.24, 2.45) is 0 Å². The average molecular weight is 264 g/mol. The molecule has 0 spiro atoms. The molecule has 0 atom stereocenters. The van der Waals surface area contributed by atoms with E-state index in [-0.39, 0.29) is 0 Å². The van der Waals surface area contributed by atoms with Gasteiger partial charge in [0, 0.05) is 20.2 Å². The zero-order chi connectivity index (χ0) is 12.0. The highest BCUT2D eigenvalue weighted by molar-refractivity contribution is 7.18. The molecule has 2 nitrogen and oxygen atoms in total. The second-order valence-corrected chi connectivity index (χ2v) is 6.45. The average Bonchev–Trinajstić information content (AvgIpc) is 2.91. The third kappa shape index (κ3) is 1.72. The van der Waals surface area contributed by atoms with Crippen molar-refractivity contribution in [3.63, 3.8) is 0 Å². The van der Waals surface area contributed by atoms with Gasteiger partial charge in [-0.15, -0.1) is 22.7 Å². The summed E-state index contributed by atoms with van der Waals surface area (Å²) in [6.45, 7) is 2.16. The Morgan fingerprint density at radius 3 is 2.88 bits per heavy atom.